The number of phenols is 1. The number of rotatable bonds is 6. The highest BCUT2D eigenvalue weighted by Gasteiger charge is 2.08. The van der Waals surface area contributed by atoms with Crippen molar-refractivity contribution in [2.45, 2.75) is 13.1 Å². The van der Waals surface area contributed by atoms with Gasteiger partial charge in [0.2, 0.25) is 0 Å². The van der Waals surface area contributed by atoms with Crippen molar-refractivity contribution >= 4 is 0 Å². The van der Waals surface area contributed by atoms with Crippen LogP contribution in [0, 0.1) is 0 Å². The Balaban J connectivity index is 2.06. The molecule has 0 amide bonds. The standard InChI is InChI=1S/C16H20N2O/c17-10-11-18(12-14-6-2-1-3-7-14)13-15-8-4-5-9-16(15)19/h1-9,19H,10-13,17H2. The molecule has 0 saturated heterocycles. The summed E-state index contributed by atoms with van der Waals surface area (Å²) < 4.78 is 0. The van der Waals surface area contributed by atoms with Crippen LogP contribution in [-0.4, -0.2) is 23.1 Å². The highest BCUT2D eigenvalue weighted by Crippen LogP contribution is 2.18. The van der Waals surface area contributed by atoms with Gasteiger partial charge in [0.05, 0.1) is 0 Å². The first kappa shape index (κ1) is 13.6. The second-order valence-corrected chi connectivity index (χ2v) is 4.61. The van der Waals surface area contributed by atoms with Gasteiger partial charge in [-0.15, -0.1) is 0 Å². The first-order valence-electron chi connectivity index (χ1n) is 6.53. The molecule has 2 aromatic carbocycles. The number of nitrogens with two attached hydrogens (primary N) is 1. The zero-order valence-electron chi connectivity index (χ0n) is 11.0. The molecule has 0 fully saturated rings. The summed E-state index contributed by atoms with van der Waals surface area (Å²) in [5.74, 6) is 0.345. The van der Waals surface area contributed by atoms with Gasteiger partial charge in [-0.1, -0.05) is 48.5 Å². The largest absolute Gasteiger partial charge is 0.508 e. The van der Waals surface area contributed by atoms with Gasteiger partial charge in [-0.25, -0.2) is 0 Å². The van der Waals surface area contributed by atoms with Crippen molar-refractivity contribution in [1.82, 2.24) is 4.90 Å². The lowest BCUT2D eigenvalue weighted by Crippen LogP contribution is -2.28. The Hall–Kier alpha value is -1.84. The van der Waals surface area contributed by atoms with Gasteiger partial charge in [-0.2, -0.15) is 0 Å². The summed E-state index contributed by atoms with van der Waals surface area (Å²) in [4.78, 5) is 2.24. The van der Waals surface area contributed by atoms with Crippen LogP contribution in [0.1, 0.15) is 11.1 Å². The maximum atomic E-state index is 9.84. The third-order valence-electron chi connectivity index (χ3n) is 3.08. The lowest BCUT2D eigenvalue weighted by molar-refractivity contribution is 0.260. The van der Waals surface area contributed by atoms with E-state index in [-0.39, 0.29) is 0 Å². The molecule has 3 nitrogen and oxygen atoms in total. The maximum absolute atomic E-state index is 9.84. The monoisotopic (exact) mass is 256 g/mol. The molecule has 0 heterocycles. The van der Waals surface area contributed by atoms with Crippen LogP contribution >= 0.6 is 0 Å². The Morgan fingerprint density at radius 3 is 2.26 bits per heavy atom. The molecule has 0 bridgehead atoms. The molecule has 0 radical (unpaired) electrons. The van der Waals surface area contributed by atoms with E-state index in [4.69, 9.17) is 5.73 Å². The van der Waals surface area contributed by atoms with E-state index >= 15 is 0 Å². The molecule has 0 saturated carbocycles. The number of benzene rings is 2. The Bertz CT molecular complexity index is 499. The van der Waals surface area contributed by atoms with Crippen LogP contribution in [0.2, 0.25) is 0 Å². The van der Waals surface area contributed by atoms with E-state index < -0.39 is 0 Å². The number of para-hydroxylation sites is 1. The molecule has 0 atom stereocenters. The van der Waals surface area contributed by atoms with Gasteiger partial charge in [0, 0.05) is 31.7 Å². The first-order valence-corrected chi connectivity index (χ1v) is 6.53. The molecular formula is C16H20N2O. The summed E-state index contributed by atoms with van der Waals surface area (Å²) in [5.41, 5.74) is 7.86. The van der Waals surface area contributed by atoms with Crippen LogP contribution in [0.25, 0.3) is 0 Å². The first-order chi connectivity index (χ1) is 9.29. The van der Waals surface area contributed by atoms with Crippen LogP contribution < -0.4 is 5.73 Å². The van der Waals surface area contributed by atoms with Crippen LogP contribution in [0.3, 0.4) is 0 Å². The molecule has 0 spiro atoms. The minimum Gasteiger partial charge on any atom is -0.508 e. The number of aromatic hydroxyl groups is 1. The molecule has 100 valence electrons. The van der Waals surface area contributed by atoms with Gasteiger partial charge in [-0.05, 0) is 11.6 Å². The molecule has 0 aliphatic carbocycles. The summed E-state index contributed by atoms with van der Waals surface area (Å²) in [6.45, 7) is 2.97. The normalized spacial score (nSPS) is 10.8. The minimum atomic E-state index is 0.345. The van der Waals surface area contributed by atoms with E-state index in [1.165, 1.54) is 5.56 Å². The highest BCUT2D eigenvalue weighted by atomic mass is 16.3. The molecule has 2 aromatic rings. The van der Waals surface area contributed by atoms with E-state index in [0.717, 1.165) is 18.7 Å². The Labute approximate surface area is 114 Å². The van der Waals surface area contributed by atoms with Gasteiger partial charge >= 0.3 is 0 Å². The van der Waals surface area contributed by atoms with E-state index in [1.807, 2.05) is 36.4 Å². The van der Waals surface area contributed by atoms with Crippen molar-refractivity contribution in [3.05, 3.63) is 65.7 Å². The van der Waals surface area contributed by atoms with Gasteiger partial charge in [0.15, 0.2) is 0 Å². The van der Waals surface area contributed by atoms with Crippen molar-refractivity contribution in [2.75, 3.05) is 13.1 Å². The van der Waals surface area contributed by atoms with Crippen LogP contribution in [0.4, 0.5) is 0 Å². The molecule has 19 heavy (non-hydrogen) atoms. The zero-order valence-corrected chi connectivity index (χ0v) is 11.0. The van der Waals surface area contributed by atoms with Gasteiger partial charge in [0.1, 0.15) is 5.75 Å². The maximum Gasteiger partial charge on any atom is 0.120 e. The minimum absolute atomic E-state index is 0.345. The van der Waals surface area contributed by atoms with Crippen LogP contribution in [0.15, 0.2) is 54.6 Å². The van der Waals surface area contributed by atoms with Crippen molar-refractivity contribution in [1.29, 1.82) is 0 Å². The molecule has 0 unspecified atom stereocenters. The summed E-state index contributed by atoms with van der Waals surface area (Å²) in [7, 11) is 0. The molecule has 0 aliphatic rings. The Morgan fingerprint density at radius 2 is 1.58 bits per heavy atom. The molecule has 3 heteroatoms. The third kappa shape index (κ3) is 4.09. The summed E-state index contributed by atoms with van der Waals surface area (Å²) in [5, 5.41) is 9.84. The van der Waals surface area contributed by atoms with E-state index in [9.17, 15) is 5.11 Å². The SMILES string of the molecule is NCCN(Cc1ccccc1)Cc1ccccc1O. The average molecular weight is 256 g/mol. The second kappa shape index (κ2) is 6.92. The zero-order chi connectivity index (χ0) is 13.5. The number of hydrogen-bond acceptors (Lipinski definition) is 3. The number of nitrogens with zero attached hydrogens (tertiary/aromatic N) is 1. The second-order valence-electron chi connectivity index (χ2n) is 4.61. The van der Waals surface area contributed by atoms with E-state index in [2.05, 4.69) is 17.0 Å². The van der Waals surface area contributed by atoms with E-state index in [1.54, 1.807) is 6.07 Å². The number of phenolic OH excluding ortho intramolecular Hbond substituents is 1. The summed E-state index contributed by atoms with van der Waals surface area (Å²) >= 11 is 0. The number of hydrogen-bond donors (Lipinski definition) is 2. The van der Waals surface area contributed by atoms with Crippen molar-refractivity contribution in [3.8, 4) is 5.75 Å². The predicted molar refractivity (Wildman–Crippen MR) is 77.7 cm³/mol. The van der Waals surface area contributed by atoms with Gasteiger partial charge in [-0.3, -0.25) is 4.90 Å². The highest BCUT2D eigenvalue weighted by molar-refractivity contribution is 5.31. The topological polar surface area (TPSA) is 49.5 Å². The summed E-state index contributed by atoms with van der Waals surface area (Å²) in [6.07, 6.45) is 0. The molecule has 2 rings (SSSR count). The van der Waals surface area contributed by atoms with Crippen molar-refractivity contribution in [3.63, 3.8) is 0 Å². The average Bonchev–Trinajstić information content (AvgIpc) is 2.43. The van der Waals surface area contributed by atoms with Crippen molar-refractivity contribution in [2.24, 2.45) is 5.73 Å². The predicted octanol–water partition coefficient (Wildman–Crippen LogP) is 2.35. The summed E-state index contributed by atoms with van der Waals surface area (Å²) in [6, 6.07) is 17.7. The Morgan fingerprint density at radius 1 is 0.895 bits per heavy atom. The van der Waals surface area contributed by atoms with Gasteiger partial charge in [0.25, 0.3) is 0 Å². The van der Waals surface area contributed by atoms with E-state index in [0.29, 0.717) is 18.8 Å². The van der Waals surface area contributed by atoms with Gasteiger partial charge < -0.3 is 10.8 Å². The third-order valence-corrected chi connectivity index (χ3v) is 3.08. The molecule has 0 aromatic heterocycles. The Kier molecular flexibility index (Phi) is 4.95. The lowest BCUT2D eigenvalue weighted by atomic mass is 10.1. The smallest absolute Gasteiger partial charge is 0.120 e. The fraction of sp³-hybridized carbons (Fsp3) is 0.250. The van der Waals surface area contributed by atoms with Crippen LogP contribution in [0.5, 0.6) is 5.75 Å². The molecule has 0 aliphatic heterocycles. The quantitative estimate of drug-likeness (QED) is 0.834. The molecule has 3 N–H and O–H groups in total. The van der Waals surface area contributed by atoms with Crippen LogP contribution in [-0.2, 0) is 13.1 Å². The fourth-order valence-corrected chi connectivity index (χ4v) is 2.12. The lowest BCUT2D eigenvalue weighted by Gasteiger charge is -2.22. The molecular weight excluding hydrogens is 236 g/mol. The fourth-order valence-electron chi connectivity index (χ4n) is 2.12. The van der Waals surface area contributed by atoms with Crippen molar-refractivity contribution < 1.29 is 5.11 Å².